The lowest BCUT2D eigenvalue weighted by atomic mass is 10.1. The van der Waals surface area contributed by atoms with Crippen LogP contribution in [0.4, 0.5) is 10.5 Å². The molecule has 0 fully saturated rings. The van der Waals surface area contributed by atoms with E-state index < -0.39 is 0 Å². The molecule has 1 atom stereocenters. The van der Waals surface area contributed by atoms with E-state index in [-0.39, 0.29) is 12.1 Å². The van der Waals surface area contributed by atoms with Crippen LogP contribution in [0.2, 0.25) is 15.1 Å². The van der Waals surface area contributed by atoms with Crippen LogP contribution in [-0.2, 0) is 0 Å². The lowest BCUT2D eigenvalue weighted by molar-refractivity contribution is 0.248. The SMILES string of the molecule is CC[C@H](NC(=O)Nc1ccc(Cl)cc1Cl)c1ccc(Cl)cc1. The zero-order chi connectivity index (χ0) is 16.1. The summed E-state index contributed by atoms with van der Waals surface area (Å²) < 4.78 is 0. The second-order valence-electron chi connectivity index (χ2n) is 4.74. The largest absolute Gasteiger partial charge is 0.331 e. The molecule has 3 nitrogen and oxygen atoms in total. The molecule has 0 saturated heterocycles. The molecule has 0 bridgehead atoms. The van der Waals surface area contributed by atoms with Gasteiger partial charge in [-0.3, -0.25) is 0 Å². The molecular weight excluding hydrogens is 343 g/mol. The minimum Gasteiger partial charge on any atom is -0.331 e. The molecule has 2 aromatic rings. The summed E-state index contributed by atoms with van der Waals surface area (Å²) >= 11 is 17.7. The second kappa shape index (κ2) is 7.73. The molecule has 0 aliphatic carbocycles. The lowest BCUT2D eigenvalue weighted by Crippen LogP contribution is -2.32. The lowest BCUT2D eigenvalue weighted by Gasteiger charge is -2.18. The van der Waals surface area contributed by atoms with E-state index in [0.717, 1.165) is 12.0 Å². The summed E-state index contributed by atoms with van der Waals surface area (Å²) in [6.45, 7) is 1.99. The predicted molar refractivity (Wildman–Crippen MR) is 93.1 cm³/mol. The normalized spacial score (nSPS) is 11.8. The number of hydrogen-bond donors (Lipinski definition) is 2. The first-order chi connectivity index (χ1) is 10.5. The van der Waals surface area contributed by atoms with E-state index >= 15 is 0 Å². The Morgan fingerprint density at radius 3 is 2.27 bits per heavy atom. The highest BCUT2D eigenvalue weighted by Gasteiger charge is 2.13. The topological polar surface area (TPSA) is 41.1 Å². The van der Waals surface area contributed by atoms with Gasteiger partial charge in [0.25, 0.3) is 0 Å². The fraction of sp³-hybridized carbons (Fsp3) is 0.188. The minimum atomic E-state index is -0.328. The Morgan fingerprint density at radius 2 is 1.68 bits per heavy atom. The molecule has 2 rings (SSSR count). The highest BCUT2D eigenvalue weighted by atomic mass is 35.5. The van der Waals surface area contributed by atoms with Crippen LogP contribution in [0.5, 0.6) is 0 Å². The molecule has 6 heteroatoms. The van der Waals surface area contributed by atoms with Crippen molar-refractivity contribution in [2.45, 2.75) is 19.4 Å². The number of carbonyl (C=O) groups is 1. The van der Waals surface area contributed by atoms with Crippen molar-refractivity contribution in [3.05, 3.63) is 63.1 Å². The third-order valence-corrected chi connectivity index (χ3v) is 3.97. The van der Waals surface area contributed by atoms with Gasteiger partial charge in [-0.2, -0.15) is 0 Å². The van der Waals surface area contributed by atoms with Gasteiger partial charge < -0.3 is 10.6 Å². The fourth-order valence-corrected chi connectivity index (χ4v) is 2.61. The Hall–Kier alpha value is -1.42. The summed E-state index contributed by atoms with van der Waals surface area (Å²) in [5, 5.41) is 7.20. The molecule has 0 aromatic heterocycles. The smallest absolute Gasteiger partial charge is 0.319 e. The molecule has 0 unspecified atom stereocenters. The van der Waals surface area contributed by atoms with Gasteiger partial charge in [0.05, 0.1) is 16.8 Å². The van der Waals surface area contributed by atoms with Crippen molar-refractivity contribution in [2.24, 2.45) is 0 Å². The van der Waals surface area contributed by atoms with E-state index in [2.05, 4.69) is 10.6 Å². The van der Waals surface area contributed by atoms with Gasteiger partial charge in [0.15, 0.2) is 0 Å². The van der Waals surface area contributed by atoms with Gasteiger partial charge in [0.1, 0.15) is 0 Å². The average Bonchev–Trinajstić information content (AvgIpc) is 2.49. The zero-order valence-corrected chi connectivity index (χ0v) is 14.1. The van der Waals surface area contributed by atoms with Gasteiger partial charge in [0, 0.05) is 10.0 Å². The molecular formula is C16H15Cl3N2O. The maximum Gasteiger partial charge on any atom is 0.319 e. The van der Waals surface area contributed by atoms with Crippen molar-refractivity contribution < 1.29 is 4.79 Å². The zero-order valence-electron chi connectivity index (χ0n) is 11.9. The summed E-state index contributed by atoms with van der Waals surface area (Å²) in [5.41, 5.74) is 1.50. The molecule has 0 heterocycles. The van der Waals surface area contributed by atoms with Gasteiger partial charge in [-0.15, -0.1) is 0 Å². The second-order valence-corrected chi connectivity index (χ2v) is 6.02. The van der Waals surface area contributed by atoms with Crippen LogP contribution < -0.4 is 10.6 Å². The average molecular weight is 358 g/mol. The molecule has 2 N–H and O–H groups in total. The number of anilines is 1. The van der Waals surface area contributed by atoms with Crippen molar-refractivity contribution >= 4 is 46.5 Å². The van der Waals surface area contributed by atoms with E-state index in [1.807, 2.05) is 19.1 Å². The first kappa shape index (κ1) is 16.9. The van der Waals surface area contributed by atoms with E-state index in [0.29, 0.717) is 20.8 Å². The highest BCUT2D eigenvalue weighted by Crippen LogP contribution is 2.25. The van der Waals surface area contributed by atoms with Crippen LogP contribution >= 0.6 is 34.8 Å². The number of hydrogen-bond acceptors (Lipinski definition) is 1. The number of carbonyl (C=O) groups excluding carboxylic acids is 1. The summed E-state index contributed by atoms with van der Waals surface area (Å²) in [4.78, 5) is 12.1. The molecule has 0 aliphatic heterocycles. The molecule has 2 aromatic carbocycles. The molecule has 0 aliphatic rings. The van der Waals surface area contributed by atoms with Crippen LogP contribution in [0.1, 0.15) is 24.9 Å². The number of amides is 2. The Balaban J connectivity index is 2.04. The minimum absolute atomic E-state index is 0.108. The standard InChI is InChI=1S/C16H15Cl3N2O/c1-2-14(10-3-5-11(17)6-4-10)20-16(22)21-15-8-7-12(18)9-13(15)19/h3-9,14H,2H2,1H3,(H2,20,21,22)/t14-/m0/s1. The quantitative estimate of drug-likeness (QED) is 0.700. The van der Waals surface area contributed by atoms with E-state index in [1.165, 1.54) is 0 Å². The Morgan fingerprint density at radius 1 is 1.05 bits per heavy atom. The summed E-state index contributed by atoms with van der Waals surface area (Å²) in [7, 11) is 0. The molecule has 22 heavy (non-hydrogen) atoms. The van der Waals surface area contributed by atoms with Crippen LogP contribution in [-0.4, -0.2) is 6.03 Å². The number of halogens is 3. The Bertz CT molecular complexity index is 659. The van der Waals surface area contributed by atoms with Crippen molar-refractivity contribution in [3.8, 4) is 0 Å². The monoisotopic (exact) mass is 356 g/mol. The summed E-state index contributed by atoms with van der Waals surface area (Å²) in [6, 6.07) is 11.9. The van der Waals surface area contributed by atoms with Crippen molar-refractivity contribution in [1.82, 2.24) is 5.32 Å². The van der Waals surface area contributed by atoms with Crippen molar-refractivity contribution in [2.75, 3.05) is 5.32 Å². The Kier molecular flexibility index (Phi) is 5.95. The first-order valence-electron chi connectivity index (χ1n) is 6.77. The van der Waals surface area contributed by atoms with Gasteiger partial charge in [-0.05, 0) is 42.3 Å². The molecule has 0 saturated carbocycles. The van der Waals surface area contributed by atoms with Crippen LogP contribution in [0.3, 0.4) is 0 Å². The van der Waals surface area contributed by atoms with Gasteiger partial charge in [0.2, 0.25) is 0 Å². The predicted octanol–water partition coefficient (Wildman–Crippen LogP) is 5.92. The van der Waals surface area contributed by atoms with Crippen molar-refractivity contribution in [3.63, 3.8) is 0 Å². The van der Waals surface area contributed by atoms with Crippen LogP contribution in [0.25, 0.3) is 0 Å². The number of nitrogens with one attached hydrogen (secondary N) is 2. The summed E-state index contributed by atoms with van der Waals surface area (Å²) in [6.07, 6.45) is 0.753. The van der Waals surface area contributed by atoms with E-state index in [9.17, 15) is 4.79 Å². The molecule has 116 valence electrons. The fourth-order valence-electron chi connectivity index (χ4n) is 2.02. The first-order valence-corrected chi connectivity index (χ1v) is 7.91. The number of rotatable bonds is 4. The van der Waals surface area contributed by atoms with E-state index in [4.69, 9.17) is 34.8 Å². The maximum absolute atomic E-state index is 12.1. The summed E-state index contributed by atoms with van der Waals surface area (Å²) in [5.74, 6) is 0. The van der Waals surface area contributed by atoms with Crippen LogP contribution in [0.15, 0.2) is 42.5 Å². The third-order valence-electron chi connectivity index (χ3n) is 3.17. The van der Waals surface area contributed by atoms with Gasteiger partial charge in [-0.25, -0.2) is 4.79 Å². The van der Waals surface area contributed by atoms with Crippen LogP contribution in [0, 0.1) is 0 Å². The van der Waals surface area contributed by atoms with Gasteiger partial charge >= 0.3 is 6.03 Å². The molecule has 0 radical (unpaired) electrons. The number of benzene rings is 2. The number of urea groups is 1. The van der Waals surface area contributed by atoms with E-state index in [1.54, 1.807) is 30.3 Å². The Labute approximate surface area is 144 Å². The highest BCUT2D eigenvalue weighted by molar-refractivity contribution is 6.36. The maximum atomic E-state index is 12.1. The molecule has 2 amide bonds. The molecule has 0 spiro atoms. The van der Waals surface area contributed by atoms with Crippen molar-refractivity contribution in [1.29, 1.82) is 0 Å². The van der Waals surface area contributed by atoms with Gasteiger partial charge in [-0.1, -0.05) is 53.9 Å². The third kappa shape index (κ3) is 4.54.